The lowest BCUT2D eigenvalue weighted by Crippen LogP contribution is -2.39. The number of carbonyl (C=O) groups is 2. The molecule has 0 aromatic heterocycles. The molecule has 0 heterocycles. The first-order valence-corrected chi connectivity index (χ1v) is 8.94. The third kappa shape index (κ3) is 6.55. The second-order valence-corrected chi connectivity index (χ2v) is 7.09. The van der Waals surface area contributed by atoms with Gasteiger partial charge in [0.2, 0.25) is 5.91 Å². The number of rotatable bonds is 8. The third-order valence-electron chi connectivity index (χ3n) is 3.46. The highest BCUT2D eigenvalue weighted by molar-refractivity contribution is 8.00. The summed E-state index contributed by atoms with van der Waals surface area (Å²) in [6.07, 6.45) is 3.15. The van der Waals surface area contributed by atoms with E-state index in [2.05, 4.69) is 5.32 Å². The Hall–Kier alpha value is -0.130. The van der Waals surface area contributed by atoms with Crippen LogP contribution in [0.3, 0.4) is 0 Å². The molecule has 2 N–H and O–H groups in total. The van der Waals surface area contributed by atoms with E-state index >= 15 is 0 Å². The molecule has 7 heteroatoms. The third-order valence-corrected chi connectivity index (χ3v) is 5.67. The number of thioether (sulfide) groups is 1. The molecule has 1 fully saturated rings. The minimum absolute atomic E-state index is 0.00324. The van der Waals surface area contributed by atoms with Crippen molar-refractivity contribution in [1.29, 1.82) is 0 Å². The maximum atomic E-state index is 11.9. The summed E-state index contributed by atoms with van der Waals surface area (Å²) in [5, 5.41) is 12.0. The number of amides is 1. The summed E-state index contributed by atoms with van der Waals surface area (Å²) in [5.74, 6) is 0.791. The molecule has 0 aromatic rings. The van der Waals surface area contributed by atoms with E-state index in [1.807, 2.05) is 0 Å². The number of alkyl halides is 2. The molecule has 1 aliphatic rings. The first-order chi connectivity index (χ1) is 9.56. The van der Waals surface area contributed by atoms with Crippen LogP contribution in [0, 0.1) is 5.92 Å². The van der Waals surface area contributed by atoms with Gasteiger partial charge in [0.1, 0.15) is 0 Å². The summed E-state index contributed by atoms with van der Waals surface area (Å²) in [6.45, 7) is 0. The maximum Gasteiger partial charge on any atom is 0.306 e. The fourth-order valence-corrected chi connectivity index (χ4v) is 3.77. The molecule has 0 aromatic carbocycles. The van der Waals surface area contributed by atoms with Crippen molar-refractivity contribution in [1.82, 2.24) is 5.32 Å². The van der Waals surface area contributed by atoms with Gasteiger partial charge in [-0.15, -0.1) is 23.2 Å². The average molecular weight is 342 g/mol. The van der Waals surface area contributed by atoms with Gasteiger partial charge in [-0.05, 0) is 25.7 Å². The van der Waals surface area contributed by atoms with E-state index in [0.717, 1.165) is 18.6 Å². The highest BCUT2D eigenvalue weighted by Gasteiger charge is 2.27. The lowest BCUT2D eigenvalue weighted by molar-refractivity contribution is -0.142. The fourth-order valence-electron chi connectivity index (χ4n) is 2.35. The number of hydrogen-bond acceptors (Lipinski definition) is 3. The van der Waals surface area contributed by atoms with Gasteiger partial charge in [-0.25, -0.2) is 0 Å². The van der Waals surface area contributed by atoms with Crippen LogP contribution in [0.5, 0.6) is 0 Å². The van der Waals surface area contributed by atoms with Crippen LogP contribution < -0.4 is 5.32 Å². The molecule has 1 rings (SSSR count). The summed E-state index contributed by atoms with van der Waals surface area (Å²) in [6, 6.07) is 0.104. The van der Waals surface area contributed by atoms with Crippen molar-refractivity contribution >= 4 is 46.8 Å². The van der Waals surface area contributed by atoms with Gasteiger partial charge in [-0.1, -0.05) is 0 Å². The topological polar surface area (TPSA) is 66.4 Å². The van der Waals surface area contributed by atoms with Gasteiger partial charge in [0.15, 0.2) is 0 Å². The second kappa shape index (κ2) is 9.74. The Morgan fingerprint density at radius 2 is 1.90 bits per heavy atom. The van der Waals surface area contributed by atoms with Crippen LogP contribution in [-0.4, -0.2) is 45.8 Å². The molecule has 0 radical (unpaired) electrons. The van der Waals surface area contributed by atoms with Gasteiger partial charge < -0.3 is 10.4 Å². The molecule has 0 saturated heterocycles. The average Bonchev–Trinajstić information content (AvgIpc) is 2.43. The van der Waals surface area contributed by atoms with E-state index < -0.39 is 5.97 Å². The number of halogens is 2. The Labute approximate surface area is 134 Å². The molecule has 0 spiro atoms. The Morgan fingerprint density at radius 3 is 2.40 bits per heavy atom. The molecule has 4 nitrogen and oxygen atoms in total. The van der Waals surface area contributed by atoms with Crippen LogP contribution in [0.15, 0.2) is 0 Å². The van der Waals surface area contributed by atoms with Crippen LogP contribution in [-0.2, 0) is 9.59 Å². The molecule has 1 aliphatic carbocycles. The zero-order valence-corrected chi connectivity index (χ0v) is 13.6. The van der Waals surface area contributed by atoms with E-state index in [9.17, 15) is 9.59 Å². The van der Waals surface area contributed by atoms with Crippen molar-refractivity contribution < 1.29 is 14.7 Å². The lowest BCUT2D eigenvalue weighted by atomic mass is 9.86. The molecular formula is C13H21Cl2NO3S. The Morgan fingerprint density at radius 1 is 1.25 bits per heavy atom. The Bertz CT molecular complexity index is 323. The van der Waals surface area contributed by atoms with Crippen molar-refractivity contribution in [2.75, 3.05) is 17.5 Å². The van der Waals surface area contributed by atoms with Crippen molar-refractivity contribution in [3.8, 4) is 0 Å². The van der Waals surface area contributed by atoms with Gasteiger partial charge in [0, 0.05) is 35.2 Å². The lowest BCUT2D eigenvalue weighted by Gasteiger charge is -2.27. The normalized spacial score (nSPS) is 24.1. The summed E-state index contributed by atoms with van der Waals surface area (Å²) in [7, 11) is 0. The van der Waals surface area contributed by atoms with Crippen molar-refractivity contribution in [2.24, 2.45) is 5.92 Å². The molecular weight excluding hydrogens is 321 g/mol. The minimum atomic E-state index is -0.727. The van der Waals surface area contributed by atoms with E-state index in [4.69, 9.17) is 28.3 Å². The predicted molar refractivity (Wildman–Crippen MR) is 83.8 cm³/mol. The summed E-state index contributed by atoms with van der Waals surface area (Å²) < 4.78 is 0. The van der Waals surface area contributed by atoms with Gasteiger partial charge >= 0.3 is 5.97 Å². The highest BCUT2D eigenvalue weighted by atomic mass is 35.5. The zero-order valence-electron chi connectivity index (χ0n) is 11.3. The Kier molecular flexibility index (Phi) is 8.73. The maximum absolute atomic E-state index is 11.9. The first-order valence-electron chi connectivity index (χ1n) is 6.82. The highest BCUT2D eigenvalue weighted by Crippen LogP contribution is 2.25. The number of aliphatic carboxylic acids is 1. The van der Waals surface area contributed by atoms with Gasteiger partial charge in [-0.3, -0.25) is 9.59 Å². The molecule has 1 amide bonds. The molecule has 1 unspecified atom stereocenters. The number of nitrogens with one attached hydrogen (secondary N) is 1. The van der Waals surface area contributed by atoms with E-state index in [0.29, 0.717) is 31.0 Å². The minimum Gasteiger partial charge on any atom is -0.481 e. The predicted octanol–water partition coefficient (Wildman–Crippen LogP) is 2.72. The van der Waals surface area contributed by atoms with Crippen LogP contribution >= 0.6 is 35.0 Å². The number of carbonyl (C=O) groups excluding carboxylic acids is 1. The van der Waals surface area contributed by atoms with Crippen molar-refractivity contribution in [2.45, 2.75) is 43.4 Å². The summed E-state index contributed by atoms with van der Waals surface area (Å²) in [5.41, 5.74) is 0. The SMILES string of the molecule is O=C(CC(CCl)SCCCl)NC1CCC(C(=O)O)CC1. The van der Waals surface area contributed by atoms with Crippen molar-refractivity contribution in [3.05, 3.63) is 0 Å². The van der Waals surface area contributed by atoms with E-state index in [1.54, 1.807) is 11.8 Å². The monoisotopic (exact) mass is 341 g/mol. The van der Waals surface area contributed by atoms with Crippen molar-refractivity contribution in [3.63, 3.8) is 0 Å². The largest absolute Gasteiger partial charge is 0.481 e. The Balaban J connectivity index is 2.27. The standard InChI is InChI=1S/C13H21Cl2NO3S/c14-5-6-20-11(8-15)7-12(17)16-10-3-1-9(2-4-10)13(18)19/h9-11H,1-8H2,(H,16,17)(H,18,19). The fraction of sp³-hybridized carbons (Fsp3) is 0.846. The van der Waals surface area contributed by atoms with Crippen LogP contribution in [0.1, 0.15) is 32.1 Å². The van der Waals surface area contributed by atoms with E-state index in [-0.39, 0.29) is 23.1 Å². The molecule has 0 aliphatic heterocycles. The molecule has 116 valence electrons. The number of carboxylic acids is 1. The van der Waals surface area contributed by atoms with Crippen LogP contribution in [0.2, 0.25) is 0 Å². The zero-order chi connectivity index (χ0) is 15.0. The van der Waals surface area contributed by atoms with Gasteiger partial charge in [-0.2, -0.15) is 11.8 Å². The molecule has 1 atom stereocenters. The van der Waals surface area contributed by atoms with Gasteiger partial charge in [0.25, 0.3) is 0 Å². The number of carboxylic acid groups (broad SMARTS) is 1. The first kappa shape index (κ1) is 17.9. The van der Waals surface area contributed by atoms with E-state index in [1.165, 1.54) is 0 Å². The molecule has 20 heavy (non-hydrogen) atoms. The molecule has 0 bridgehead atoms. The summed E-state index contributed by atoms with van der Waals surface area (Å²) in [4.78, 5) is 22.8. The second-order valence-electron chi connectivity index (χ2n) is 4.99. The summed E-state index contributed by atoms with van der Waals surface area (Å²) >= 11 is 13.1. The number of hydrogen-bond donors (Lipinski definition) is 2. The van der Waals surface area contributed by atoms with Gasteiger partial charge in [0.05, 0.1) is 5.92 Å². The smallest absolute Gasteiger partial charge is 0.306 e. The molecule has 1 saturated carbocycles. The quantitative estimate of drug-likeness (QED) is 0.666. The van der Waals surface area contributed by atoms with Crippen LogP contribution in [0.4, 0.5) is 0 Å². The van der Waals surface area contributed by atoms with Crippen LogP contribution in [0.25, 0.3) is 0 Å².